The first-order valence-electron chi connectivity index (χ1n) is 30.3. The number of carbonyl (C=O) groups is 9. The largest absolute Gasteiger partial charge is 0.304 e. The van der Waals surface area contributed by atoms with Crippen LogP contribution < -0.4 is 0 Å². The first kappa shape index (κ1) is 85.3. The Kier molecular flexibility index (Phi) is 39.3. The lowest BCUT2D eigenvalue weighted by molar-refractivity contribution is -0.108. The highest BCUT2D eigenvalue weighted by Crippen LogP contribution is 2.29. The van der Waals surface area contributed by atoms with E-state index >= 15 is 0 Å². The number of ketones is 5. The molecule has 0 N–H and O–H groups in total. The van der Waals surface area contributed by atoms with E-state index in [1.54, 1.807) is 0 Å². The Morgan fingerprint density at radius 1 is 0.364 bits per heavy atom. The van der Waals surface area contributed by atoms with Crippen molar-refractivity contribution in [2.45, 2.75) is 205 Å². The summed E-state index contributed by atoms with van der Waals surface area (Å²) < 4.78 is 0.998. The summed E-state index contributed by atoms with van der Waals surface area (Å²) in [5.74, 6) is 1.01. The minimum absolute atomic E-state index is 0.142. The number of rotatable bonds is 8. The molecule has 9 nitrogen and oxygen atoms in total. The van der Waals surface area contributed by atoms with Crippen molar-refractivity contribution >= 4 is 80.8 Å². The van der Waals surface area contributed by atoms with Crippen molar-refractivity contribution < 1.29 is 43.2 Å². The van der Waals surface area contributed by atoms with Crippen LogP contribution in [0, 0.1) is 54.8 Å². The molecule has 0 bridgehead atoms. The Labute approximate surface area is 540 Å². The van der Waals surface area contributed by atoms with E-state index < -0.39 is 0 Å². The van der Waals surface area contributed by atoms with E-state index in [1.165, 1.54) is 29.0 Å². The molecule has 0 aliphatic heterocycles. The van der Waals surface area contributed by atoms with Crippen LogP contribution >= 0.6 is 15.9 Å². The molecular formula is C78H109BrO9. The Bertz CT molecular complexity index is 2990. The molecule has 0 amide bonds. The second-order valence-electron chi connectivity index (χ2n) is 27.4. The van der Waals surface area contributed by atoms with E-state index in [1.807, 2.05) is 242 Å². The van der Waals surface area contributed by atoms with Crippen LogP contribution in [0.25, 0.3) is 10.8 Å². The molecule has 6 rings (SSSR count). The number of benzene rings is 6. The first-order valence-corrected chi connectivity index (χ1v) is 31.1. The van der Waals surface area contributed by atoms with Crippen molar-refractivity contribution in [3.63, 3.8) is 0 Å². The van der Waals surface area contributed by atoms with Gasteiger partial charge in [-0.15, -0.1) is 0 Å². The lowest BCUT2D eigenvalue weighted by Gasteiger charge is -2.20. The van der Waals surface area contributed by atoms with Crippen molar-refractivity contribution in [3.8, 4) is 0 Å². The third kappa shape index (κ3) is 34.6. The maximum Gasteiger partial charge on any atom is 0.168 e. The molecule has 0 fully saturated rings. The predicted molar refractivity (Wildman–Crippen MR) is 375 cm³/mol. The van der Waals surface area contributed by atoms with Crippen LogP contribution in [-0.2, 0) is 24.6 Å². The van der Waals surface area contributed by atoms with E-state index in [-0.39, 0.29) is 61.4 Å². The van der Waals surface area contributed by atoms with E-state index in [9.17, 15) is 38.4 Å². The standard InChI is InChI=1S/C15H16O.C15H22O.C14H20O.C12H16O.C11H13BrO.3C3H6O.C2H4O/c1-15(2,3)14(16)13-9-8-11-6-4-5-7-12(11)10-13;1-14(2,3)12-9-7-11(8-10-12)13(16)15(4,5)6;1-9-7-10(2)12(11(3)8-9)13(15)14(4,5)6;1-9-5-7-10(8-6-9)11(13)12(2,3)4;1-11(2,3)10(13)8-4-6-9(12)7-5-8;3*1-2-3-4;1-2-3/h4-10H,1-3H3;7-10H,1-6H3;7-8H,1-6H3;5-8H,1-4H3;4-7H,1-3H3;3*3H,2H2,1H3;2H,1H3. The first-order chi connectivity index (χ1) is 40.3. The van der Waals surface area contributed by atoms with Gasteiger partial charge >= 0.3 is 0 Å². The molecule has 0 aromatic heterocycles. The molecule has 0 atom stereocenters. The van der Waals surface area contributed by atoms with Gasteiger partial charge in [-0.3, -0.25) is 24.0 Å². The molecule has 88 heavy (non-hydrogen) atoms. The van der Waals surface area contributed by atoms with E-state index in [0.717, 1.165) is 73.9 Å². The van der Waals surface area contributed by atoms with E-state index in [4.69, 9.17) is 4.79 Å². The fourth-order valence-electron chi connectivity index (χ4n) is 7.40. The van der Waals surface area contributed by atoms with Crippen LogP contribution in [0.1, 0.15) is 251 Å². The molecule has 0 heterocycles. The smallest absolute Gasteiger partial charge is 0.168 e. The Hall–Kier alpha value is -6.91. The SMILES string of the molecule is CC(C)(C)C(=O)c1ccc(Br)cc1.CC(C)(C)C(=O)c1ccc(C(C)(C)C)cc1.CC(C)(C)C(=O)c1ccc2ccccc2c1.CC=O.CCC=O.CCC=O.CCC=O.Cc1cc(C)c(C(=O)C(C)(C)C)c(C)c1.Cc1ccc(C(=O)C(C)(C)C)cc1. The number of aryl methyl sites for hydroxylation is 4. The summed E-state index contributed by atoms with van der Waals surface area (Å²) in [5, 5.41) is 2.30. The highest BCUT2D eigenvalue weighted by atomic mass is 79.9. The number of carbonyl (C=O) groups excluding carboxylic acids is 9. The van der Waals surface area contributed by atoms with Gasteiger partial charge in [0.25, 0.3) is 0 Å². The number of hydrogen-bond donors (Lipinski definition) is 0. The second kappa shape index (κ2) is 40.6. The van der Waals surface area contributed by atoms with Gasteiger partial charge in [0.15, 0.2) is 28.9 Å². The maximum atomic E-state index is 12.2. The molecule has 482 valence electrons. The van der Waals surface area contributed by atoms with Crippen molar-refractivity contribution in [1.82, 2.24) is 0 Å². The normalized spacial score (nSPS) is 10.8. The zero-order chi connectivity index (χ0) is 69.2. The van der Waals surface area contributed by atoms with Gasteiger partial charge in [-0.05, 0) is 85.7 Å². The highest BCUT2D eigenvalue weighted by Gasteiger charge is 2.27. The number of halogens is 1. The third-order valence-corrected chi connectivity index (χ3v) is 12.8. The van der Waals surface area contributed by atoms with Gasteiger partial charge in [0.05, 0.1) is 0 Å². The Morgan fingerprint density at radius 2 is 0.636 bits per heavy atom. The molecule has 0 saturated heterocycles. The minimum Gasteiger partial charge on any atom is -0.304 e. The molecule has 0 aliphatic carbocycles. The van der Waals surface area contributed by atoms with Gasteiger partial charge in [0, 0.05) is 78.6 Å². The molecule has 6 aromatic carbocycles. The lowest BCUT2D eigenvalue weighted by atomic mass is 9.82. The van der Waals surface area contributed by atoms with Crippen molar-refractivity contribution in [2.75, 3.05) is 0 Å². The molecule has 0 unspecified atom stereocenters. The van der Waals surface area contributed by atoms with Crippen LogP contribution in [0.3, 0.4) is 0 Å². The number of aldehydes is 4. The summed E-state index contributed by atoms with van der Waals surface area (Å²) >= 11 is 3.33. The predicted octanol–water partition coefficient (Wildman–Crippen LogP) is 21.0. The molecule has 0 radical (unpaired) electrons. The van der Waals surface area contributed by atoms with Crippen molar-refractivity contribution in [1.29, 1.82) is 0 Å². The molecule has 10 heteroatoms. The van der Waals surface area contributed by atoms with Crippen LogP contribution in [0.5, 0.6) is 0 Å². The van der Waals surface area contributed by atoms with Gasteiger partial charge in [-0.2, -0.15) is 0 Å². The van der Waals surface area contributed by atoms with Crippen molar-refractivity contribution in [3.05, 3.63) is 188 Å². The molecule has 0 aliphatic rings. The highest BCUT2D eigenvalue weighted by molar-refractivity contribution is 9.10. The van der Waals surface area contributed by atoms with Crippen LogP contribution in [0.2, 0.25) is 0 Å². The third-order valence-electron chi connectivity index (χ3n) is 12.3. The summed E-state index contributed by atoms with van der Waals surface area (Å²) in [4.78, 5) is 96.2. The topological polar surface area (TPSA) is 154 Å². The maximum absolute atomic E-state index is 12.2. The zero-order valence-corrected chi connectivity index (χ0v) is 60.2. The fraction of sp³-hybridized carbons (Fsp3) is 0.449. The van der Waals surface area contributed by atoms with Crippen molar-refractivity contribution in [2.24, 2.45) is 27.1 Å². The van der Waals surface area contributed by atoms with Gasteiger partial charge in [-0.1, -0.05) is 282 Å². The zero-order valence-electron chi connectivity index (χ0n) is 58.6. The summed E-state index contributed by atoms with van der Waals surface area (Å²) in [6, 6.07) is 41.3. The summed E-state index contributed by atoms with van der Waals surface area (Å²) in [6.07, 6.45) is 5.29. The van der Waals surface area contributed by atoms with Crippen LogP contribution in [0.15, 0.2) is 132 Å². The van der Waals surface area contributed by atoms with Gasteiger partial charge in [0.2, 0.25) is 0 Å². The minimum atomic E-state index is -0.317. The van der Waals surface area contributed by atoms with Gasteiger partial charge in [0.1, 0.15) is 25.1 Å². The summed E-state index contributed by atoms with van der Waals surface area (Å²) in [6.45, 7) is 50.7. The van der Waals surface area contributed by atoms with Crippen LogP contribution in [-0.4, -0.2) is 54.1 Å². The summed E-state index contributed by atoms with van der Waals surface area (Å²) in [7, 11) is 0. The lowest BCUT2D eigenvalue weighted by Crippen LogP contribution is -2.22. The fourth-order valence-corrected chi connectivity index (χ4v) is 7.67. The van der Waals surface area contributed by atoms with E-state index in [2.05, 4.69) is 74.0 Å². The van der Waals surface area contributed by atoms with Crippen LogP contribution in [0.4, 0.5) is 0 Å². The average Bonchev–Trinajstić information content (AvgIpc) is 3.48. The monoisotopic (exact) mass is 1270 g/mol. The van der Waals surface area contributed by atoms with Gasteiger partial charge in [-0.25, -0.2) is 0 Å². The second-order valence-corrected chi connectivity index (χ2v) is 28.3. The van der Waals surface area contributed by atoms with Gasteiger partial charge < -0.3 is 19.2 Å². The molecule has 0 saturated carbocycles. The Balaban J connectivity index is -0.000000970. The Morgan fingerprint density at radius 3 is 0.932 bits per heavy atom. The molecular weight excluding hydrogens is 1160 g/mol. The average molecular weight is 1270 g/mol. The number of hydrogen-bond acceptors (Lipinski definition) is 9. The molecule has 6 aromatic rings. The van der Waals surface area contributed by atoms with E-state index in [0.29, 0.717) is 19.3 Å². The summed E-state index contributed by atoms with van der Waals surface area (Å²) in [5.41, 5.74) is 8.57. The number of fused-ring (bicyclic) bond motifs is 1. The molecule has 0 spiro atoms. The number of Topliss-reactive ketones (excluding diaryl/α,β-unsaturated/α-hetero) is 5. The quantitative estimate of drug-likeness (QED) is 0.107.